The molecule has 0 radical (unpaired) electrons. The van der Waals surface area contributed by atoms with Gasteiger partial charge < -0.3 is 0 Å². The first-order valence-electron chi connectivity index (χ1n) is 6.39. The Balaban J connectivity index is 2.35. The van der Waals surface area contributed by atoms with E-state index in [4.69, 9.17) is 10.7 Å². The Morgan fingerprint density at radius 3 is 2.15 bits per heavy atom. The van der Waals surface area contributed by atoms with Crippen LogP contribution in [0.4, 0.5) is 0 Å². The van der Waals surface area contributed by atoms with E-state index in [-0.39, 0.29) is 4.90 Å². The maximum atomic E-state index is 11.5. The van der Waals surface area contributed by atoms with Crippen molar-refractivity contribution >= 4 is 19.7 Å². The van der Waals surface area contributed by atoms with Crippen molar-refractivity contribution in [2.45, 2.75) is 38.6 Å². The van der Waals surface area contributed by atoms with E-state index in [1.807, 2.05) is 12.1 Å². The second-order valence-corrected chi connectivity index (χ2v) is 7.27. The fraction of sp³-hybridized carbons (Fsp3) is 0.357. The largest absolute Gasteiger partial charge is 0.264 e. The van der Waals surface area contributed by atoms with E-state index in [1.165, 1.54) is 5.56 Å². The third-order valence-corrected chi connectivity index (χ3v) is 4.86. The smallest absolute Gasteiger partial charge is 0.264 e. The highest BCUT2D eigenvalue weighted by molar-refractivity contribution is 8.13. The first-order chi connectivity index (χ1) is 9.32. The Labute approximate surface area is 123 Å². The highest BCUT2D eigenvalue weighted by atomic mass is 35.7. The van der Waals surface area contributed by atoms with E-state index in [0.717, 1.165) is 12.0 Å². The van der Waals surface area contributed by atoms with Gasteiger partial charge in [-0.05, 0) is 31.4 Å². The molecule has 4 nitrogen and oxygen atoms in total. The fourth-order valence-corrected chi connectivity index (χ4v) is 3.76. The number of hydrogen-bond donors (Lipinski definition) is 0. The molecule has 1 aromatic heterocycles. The second kappa shape index (κ2) is 5.58. The minimum absolute atomic E-state index is 0.115. The van der Waals surface area contributed by atoms with Gasteiger partial charge in [-0.1, -0.05) is 31.2 Å². The molecule has 6 heteroatoms. The lowest BCUT2D eigenvalue weighted by atomic mass is 10.1. The molecule has 1 heterocycles. The van der Waals surface area contributed by atoms with Gasteiger partial charge in [0.05, 0.1) is 17.9 Å². The van der Waals surface area contributed by atoms with Gasteiger partial charge in [-0.15, -0.1) is 0 Å². The van der Waals surface area contributed by atoms with Crippen LogP contribution in [0.25, 0.3) is 0 Å². The topological polar surface area (TPSA) is 52.0 Å². The molecule has 1 aromatic carbocycles. The fourth-order valence-electron chi connectivity index (χ4n) is 2.24. The molecular formula is C14H17ClN2O2S. The van der Waals surface area contributed by atoms with Crippen LogP contribution >= 0.6 is 10.7 Å². The molecule has 0 amide bonds. The Bertz CT molecular complexity index is 718. The molecule has 20 heavy (non-hydrogen) atoms. The number of hydrogen-bond acceptors (Lipinski definition) is 3. The van der Waals surface area contributed by atoms with Gasteiger partial charge in [0, 0.05) is 10.7 Å². The number of aryl methyl sites for hydroxylation is 2. The lowest BCUT2D eigenvalue weighted by Gasteiger charge is -2.06. The van der Waals surface area contributed by atoms with Crippen molar-refractivity contribution < 1.29 is 8.42 Å². The summed E-state index contributed by atoms with van der Waals surface area (Å²) < 4.78 is 24.7. The van der Waals surface area contributed by atoms with Crippen LogP contribution in [-0.2, 0) is 22.0 Å². The lowest BCUT2D eigenvalue weighted by molar-refractivity contribution is 0.607. The van der Waals surface area contributed by atoms with Crippen molar-refractivity contribution in [3.8, 4) is 0 Å². The molecule has 0 saturated heterocycles. The summed E-state index contributed by atoms with van der Waals surface area (Å²) in [6, 6.07) is 8.20. The third-order valence-electron chi connectivity index (χ3n) is 3.32. The van der Waals surface area contributed by atoms with Crippen LogP contribution in [0.5, 0.6) is 0 Å². The van der Waals surface area contributed by atoms with Crippen LogP contribution in [0.2, 0.25) is 0 Å². The van der Waals surface area contributed by atoms with Crippen LogP contribution in [0.1, 0.15) is 29.4 Å². The molecule has 2 aromatic rings. The molecule has 0 unspecified atom stereocenters. The molecule has 0 aliphatic rings. The first-order valence-corrected chi connectivity index (χ1v) is 8.70. The molecule has 0 N–H and O–H groups in total. The summed E-state index contributed by atoms with van der Waals surface area (Å²) in [5.41, 5.74) is 3.34. The van der Waals surface area contributed by atoms with E-state index >= 15 is 0 Å². The van der Waals surface area contributed by atoms with E-state index in [0.29, 0.717) is 17.9 Å². The number of nitrogens with zero attached hydrogens (tertiary/aromatic N) is 2. The molecule has 0 bridgehead atoms. The number of aromatic nitrogens is 2. The van der Waals surface area contributed by atoms with E-state index < -0.39 is 9.05 Å². The van der Waals surface area contributed by atoms with E-state index in [2.05, 4.69) is 24.2 Å². The molecule has 0 aliphatic carbocycles. The van der Waals surface area contributed by atoms with Gasteiger partial charge in [-0.3, -0.25) is 4.68 Å². The predicted octanol–water partition coefficient (Wildman–Crippen LogP) is 3.04. The zero-order valence-electron chi connectivity index (χ0n) is 11.7. The SMILES string of the molecule is CCc1ccc(Cn2nc(C)c(S(=O)(=O)Cl)c2C)cc1. The molecule has 0 saturated carbocycles. The van der Waals surface area contributed by atoms with Gasteiger partial charge in [-0.25, -0.2) is 8.42 Å². The summed E-state index contributed by atoms with van der Waals surface area (Å²) in [4.78, 5) is 0.115. The Morgan fingerprint density at radius 1 is 1.15 bits per heavy atom. The van der Waals surface area contributed by atoms with Crippen LogP contribution < -0.4 is 0 Å². The van der Waals surface area contributed by atoms with Crippen LogP contribution in [-0.4, -0.2) is 18.2 Å². The summed E-state index contributed by atoms with van der Waals surface area (Å²) >= 11 is 0. The molecule has 0 spiro atoms. The van der Waals surface area contributed by atoms with E-state index in [9.17, 15) is 8.42 Å². The van der Waals surface area contributed by atoms with Crippen molar-refractivity contribution in [2.75, 3.05) is 0 Å². The maximum absolute atomic E-state index is 11.5. The summed E-state index contributed by atoms with van der Waals surface area (Å²) in [5, 5.41) is 4.27. The number of benzene rings is 1. The van der Waals surface area contributed by atoms with Crippen molar-refractivity contribution in [2.24, 2.45) is 0 Å². The zero-order chi connectivity index (χ0) is 14.9. The average molecular weight is 313 g/mol. The first kappa shape index (κ1) is 15.1. The van der Waals surface area contributed by atoms with Crippen molar-refractivity contribution in [3.63, 3.8) is 0 Å². The zero-order valence-corrected chi connectivity index (χ0v) is 13.3. The van der Waals surface area contributed by atoms with Crippen LogP contribution in [0, 0.1) is 13.8 Å². The van der Waals surface area contributed by atoms with Gasteiger partial charge >= 0.3 is 0 Å². The molecule has 0 atom stereocenters. The minimum Gasteiger partial charge on any atom is -0.264 e. The minimum atomic E-state index is -3.76. The Kier molecular flexibility index (Phi) is 4.20. The van der Waals surface area contributed by atoms with Gasteiger partial charge in [0.1, 0.15) is 4.90 Å². The summed E-state index contributed by atoms with van der Waals surface area (Å²) in [6.45, 7) is 6.01. The molecule has 2 rings (SSSR count). The Morgan fingerprint density at radius 2 is 1.70 bits per heavy atom. The van der Waals surface area contributed by atoms with Gasteiger partial charge in [0.25, 0.3) is 9.05 Å². The molecule has 108 valence electrons. The van der Waals surface area contributed by atoms with Gasteiger partial charge in [-0.2, -0.15) is 5.10 Å². The van der Waals surface area contributed by atoms with Crippen molar-refractivity contribution in [1.82, 2.24) is 9.78 Å². The summed E-state index contributed by atoms with van der Waals surface area (Å²) in [5.74, 6) is 0. The predicted molar refractivity (Wildman–Crippen MR) is 79.7 cm³/mol. The average Bonchev–Trinajstić information content (AvgIpc) is 2.64. The van der Waals surface area contributed by atoms with Gasteiger partial charge in [0.15, 0.2) is 0 Å². The highest BCUT2D eigenvalue weighted by Gasteiger charge is 2.22. The molecular weight excluding hydrogens is 296 g/mol. The van der Waals surface area contributed by atoms with Gasteiger partial charge in [0.2, 0.25) is 0 Å². The quantitative estimate of drug-likeness (QED) is 0.815. The summed E-state index contributed by atoms with van der Waals surface area (Å²) in [7, 11) is 1.69. The Hall–Kier alpha value is -1.33. The summed E-state index contributed by atoms with van der Waals surface area (Å²) in [6.07, 6.45) is 0.995. The molecule has 0 aliphatic heterocycles. The highest BCUT2D eigenvalue weighted by Crippen LogP contribution is 2.23. The maximum Gasteiger partial charge on any atom is 0.264 e. The normalized spacial score (nSPS) is 11.8. The monoisotopic (exact) mass is 312 g/mol. The lowest BCUT2D eigenvalue weighted by Crippen LogP contribution is -2.05. The molecule has 0 fully saturated rings. The second-order valence-electron chi connectivity index (χ2n) is 4.77. The number of rotatable bonds is 4. The standard InChI is InChI=1S/C14H17ClN2O2S/c1-4-12-5-7-13(8-6-12)9-17-11(3)14(10(2)16-17)20(15,18)19/h5-8H,4,9H2,1-3H3. The van der Waals surface area contributed by atoms with Crippen LogP contribution in [0.3, 0.4) is 0 Å². The van der Waals surface area contributed by atoms with Crippen LogP contribution in [0.15, 0.2) is 29.2 Å². The van der Waals surface area contributed by atoms with Crippen molar-refractivity contribution in [3.05, 3.63) is 46.8 Å². The van der Waals surface area contributed by atoms with E-state index in [1.54, 1.807) is 18.5 Å². The third kappa shape index (κ3) is 3.04. The van der Waals surface area contributed by atoms with Crippen molar-refractivity contribution in [1.29, 1.82) is 0 Å². The number of halogens is 1.